The average Bonchev–Trinajstić information content (AvgIpc) is 3.03. The van der Waals surface area contributed by atoms with E-state index in [1.54, 1.807) is 0 Å². The molecule has 0 unspecified atom stereocenters. The highest BCUT2D eigenvalue weighted by atomic mass is 32.1. The van der Waals surface area contributed by atoms with Crippen molar-refractivity contribution < 1.29 is 9.18 Å². The van der Waals surface area contributed by atoms with E-state index in [-0.39, 0.29) is 6.54 Å². The number of hydrogen-bond acceptors (Lipinski definition) is 7. The smallest absolute Gasteiger partial charge is 0.276 e. The van der Waals surface area contributed by atoms with Gasteiger partial charge in [0.05, 0.1) is 6.54 Å². The molecule has 9 heteroatoms. The van der Waals surface area contributed by atoms with Crippen molar-refractivity contribution in [3.8, 4) is 10.6 Å². The molecule has 0 saturated carbocycles. The number of rotatable bonds is 5. The molecule has 1 aromatic heterocycles. The second kappa shape index (κ2) is 7.36. The van der Waals surface area contributed by atoms with Crippen LogP contribution in [0.4, 0.5) is 4.39 Å². The zero-order valence-corrected chi connectivity index (χ0v) is 12.5. The molecule has 0 saturated heterocycles. The van der Waals surface area contributed by atoms with Crippen molar-refractivity contribution in [1.82, 2.24) is 15.5 Å². The van der Waals surface area contributed by atoms with Crippen LogP contribution < -0.4 is 11.2 Å². The molecule has 0 radical (unpaired) electrons. The lowest BCUT2D eigenvalue weighted by Crippen LogP contribution is -2.35. The van der Waals surface area contributed by atoms with Crippen molar-refractivity contribution in [2.75, 3.05) is 7.05 Å². The molecule has 0 aliphatic carbocycles. The number of aromatic nitrogens is 2. The zero-order valence-electron chi connectivity index (χ0n) is 11.7. The highest BCUT2D eigenvalue weighted by Crippen LogP contribution is 2.22. The van der Waals surface area contributed by atoms with Crippen LogP contribution in [0.3, 0.4) is 0 Å². The van der Waals surface area contributed by atoms with E-state index < -0.39 is 17.6 Å². The van der Waals surface area contributed by atoms with Gasteiger partial charge in [-0.05, 0) is 0 Å². The van der Waals surface area contributed by atoms with Crippen LogP contribution in [0.1, 0.15) is 5.01 Å². The summed E-state index contributed by atoms with van der Waals surface area (Å²) in [5, 5.41) is 14.9. The highest BCUT2D eigenvalue weighted by molar-refractivity contribution is 7.14. The van der Waals surface area contributed by atoms with Gasteiger partial charge in [0, 0.05) is 12.6 Å². The van der Waals surface area contributed by atoms with Gasteiger partial charge in [-0.15, -0.1) is 10.2 Å². The Morgan fingerprint density at radius 3 is 2.73 bits per heavy atom. The normalized spacial score (nSPS) is 12.3. The van der Waals surface area contributed by atoms with Crippen LogP contribution in [0.15, 0.2) is 40.4 Å². The SMILES string of the molecule is CN=C(F)/C(=N\N)C(=O)NCc1nnc(-c2ccccc2)s1. The van der Waals surface area contributed by atoms with E-state index in [4.69, 9.17) is 5.84 Å². The maximum Gasteiger partial charge on any atom is 0.276 e. The third kappa shape index (κ3) is 3.70. The van der Waals surface area contributed by atoms with Crippen molar-refractivity contribution in [3.63, 3.8) is 0 Å². The number of nitrogens with one attached hydrogen (secondary N) is 1. The van der Waals surface area contributed by atoms with Gasteiger partial charge in [0.2, 0.25) is 11.7 Å². The van der Waals surface area contributed by atoms with Gasteiger partial charge in [0.1, 0.15) is 10.0 Å². The van der Waals surface area contributed by atoms with Gasteiger partial charge < -0.3 is 11.2 Å². The van der Waals surface area contributed by atoms with E-state index in [9.17, 15) is 9.18 Å². The molecule has 7 nitrogen and oxygen atoms in total. The van der Waals surface area contributed by atoms with Crippen LogP contribution in [-0.2, 0) is 11.3 Å². The molecule has 22 heavy (non-hydrogen) atoms. The number of carbonyl (C=O) groups is 1. The molecule has 3 N–H and O–H groups in total. The van der Waals surface area contributed by atoms with Gasteiger partial charge >= 0.3 is 0 Å². The molecule has 0 spiro atoms. The maximum absolute atomic E-state index is 13.3. The number of nitrogens with zero attached hydrogens (tertiary/aromatic N) is 4. The van der Waals surface area contributed by atoms with Gasteiger partial charge in [-0.3, -0.25) is 9.79 Å². The average molecular weight is 320 g/mol. The third-order valence-electron chi connectivity index (χ3n) is 2.62. The standard InChI is InChI=1S/C13H13FN6OS/c1-16-11(14)10(18-15)12(21)17-7-9-19-20-13(22-9)8-5-3-2-4-6-8/h2-6H,7,15H2,1H3,(H,17,21)/b16-11?,18-10+. The Kier molecular flexibility index (Phi) is 5.26. The van der Waals surface area contributed by atoms with Crippen LogP contribution in [0.2, 0.25) is 0 Å². The molecular formula is C13H13FN6OS. The number of amides is 1. The Hall–Kier alpha value is -2.68. The molecule has 1 amide bonds. The molecule has 0 aliphatic rings. The first-order valence-electron chi connectivity index (χ1n) is 6.22. The van der Waals surface area contributed by atoms with E-state index in [0.717, 1.165) is 10.6 Å². The molecule has 0 bridgehead atoms. The number of halogens is 1. The minimum Gasteiger partial charge on any atom is -0.344 e. The summed E-state index contributed by atoms with van der Waals surface area (Å²) in [5.74, 6) is 3.19. The number of hydrogen-bond donors (Lipinski definition) is 2. The summed E-state index contributed by atoms with van der Waals surface area (Å²) in [5.41, 5.74) is 0.376. The third-order valence-corrected chi connectivity index (χ3v) is 3.60. The fourth-order valence-electron chi connectivity index (χ4n) is 1.57. The number of benzene rings is 1. The van der Waals surface area contributed by atoms with Crippen molar-refractivity contribution in [2.24, 2.45) is 15.9 Å². The lowest BCUT2D eigenvalue weighted by atomic mass is 10.2. The fourth-order valence-corrected chi connectivity index (χ4v) is 2.36. The minimum atomic E-state index is -1.03. The Labute approximate surface area is 129 Å². The molecule has 2 aromatic rings. The maximum atomic E-state index is 13.3. The number of aliphatic imine (C=N–C) groups is 1. The van der Waals surface area contributed by atoms with E-state index >= 15 is 0 Å². The fraction of sp³-hybridized carbons (Fsp3) is 0.154. The van der Waals surface area contributed by atoms with E-state index in [1.165, 1.54) is 18.4 Å². The van der Waals surface area contributed by atoms with Crippen LogP contribution in [0.5, 0.6) is 0 Å². The summed E-state index contributed by atoms with van der Waals surface area (Å²) in [6, 6.07) is 9.53. The van der Waals surface area contributed by atoms with Crippen LogP contribution in [0.25, 0.3) is 10.6 Å². The highest BCUT2D eigenvalue weighted by Gasteiger charge is 2.18. The monoisotopic (exact) mass is 320 g/mol. The minimum absolute atomic E-state index is 0.0966. The largest absolute Gasteiger partial charge is 0.344 e. The van der Waals surface area contributed by atoms with Crippen LogP contribution in [0, 0.1) is 0 Å². The summed E-state index contributed by atoms with van der Waals surface area (Å²) in [4.78, 5) is 15.0. The second-order valence-corrected chi connectivity index (χ2v) is 5.10. The summed E-state index contributed by atoms with van der Waals surface area (Å²) in [6.07, 6.45) is 0. The van der Waals surface area contributed by atoms with E-state index in [2.05, 4.69) is 25.6 Å². The first-order chi connectivity index (χ1) is 10.7. The molecular weight excluding hydrogens is 307 g/mol. The van der Waals surface area contributed by atoms with Gasteiger partial charge in [0.25, 0.3) is 5.91 Å². The summed E-state index contributed by atoms with van der Waals surface area (Å²) in [6.45, 7) is 0.0966. The number of hydrazone groups is 1. The molecule has 0 aliphatic heterocycles. The van der Waals surface area contributed by atoms with Crippen molar-refractivity contribution in [2.45, 2.75) is 6.54 Å². The van der Waals surface area contributed by atoms with Gasteiger partial charge in [-0.1, -0.05) is 41.7 Å². The van der Waals surface area contributed by atoms with E-state index in [1.807, 2.05) is 30.3 Å². The molecule has 0 atom stereocenters. The number of carbonyl (C=O) groups excluding carboxylic acids is 1. The lowest BCUT2D eigenvalue weighted by Gasteiger charge is -2.02. The van der Waals surface area contributed by atoms with Crippen molar-refractivity contribution in [3.05, 3.63) is 35.3 Å². The Morgan fingerprint density at radius 2 is 2.09 bits per heavy atom. The Morgan fingerprint density at radius 1 is 1.36 bits per heavy atom. The van der Waals surface area contributed by atoms with Gasteiger partial charge in [0.15, 0.2) is 0 Å². The van der Waals surface area contributed by atoms with Crippen molar-refractivity contribution >= 4 is 28.9 Å². The lowest BCUT2D eigenvalue weighted by molar-refractivity contribution is -0.114. The summed E-state index contributed by atoms with van der Waals surface area (Å²) >= 11 is 1.33. The van der Waals surface area contributed by atoms with Crippen molar-refractivity contribution in [1.29, 1.82) is 0 Å². The first-order valence-corrected chi connectivity index (χ1v) is 7.04. The quantitative estimate of drug-likeness (QED) is 0.489. The Balaban J connectivity index is 2.01. The molecule has 114 valence electrons. The van der Waals surface area contributed by atoms with Gasteiger partial charge in [-0.2, -0.15) is 9.49 Å². The van der Waals surface area contributed by atoms with Gasteiger partial charge in [-0.25, -0.2) is 0 Å². The summed E-state index contributed by atoms with van der Waals surface area (Å²) in [7, 11) is 1.20. The predicted molar refractivity (Wildman–Crippen MR) is 83.3 cm³/mol. The predicted octanol–water partition coefficient (Wildman–Crippen LogP) is 1.13. The van der Waals surface area contributed by atoms with Crippen LogP contribution >= 0.6 is 11.3 Å². The molecule has 1 aromatic carbocycles. The summed E-state index contributed by atoms with van der Waals surface area (Å²) < 4.78 is 13.3. The Bertz CT molecular complexity index is 712. The second-order valence-electron chi connectivity index (χ2n) is 4.04. The first kappa shape index (κ1) is 15.7. The molecule has 1 heterocycles. The molecule has 2 rings (SSSR count). The zero-order chi connectivity index (χ0) is 15.9. The van der Waals surface area contributed by atoms with E-state index in [0.29, 0.717) is 5.01 Å². The van der Waals surface area contributed by atoms with Crippen LogP contribution in [-0.4, -0.2) is 34.8 Å². The topological polar surface area (TPSA) is 106 Å². The number of nitrogens with two attached hydrogens (primary N) is 1. The molecule has 0 fully saturated rings.